The summed E-state index contributed by atoms with van der Waals surface area (Å²) in [5.41, 5.74) is 4.33. The number of hydrogen-bond acceptors (Lipinski definition) is 0. The Balaban J connectivity index is 2.23. The van der Waals surface area contributed by atoms with Crippen LogP contribution in [0.5, 0.6) is 0 Å². The minimum Gasteiger partial charge on any atom is -0.232 e. The smallest absolute Gasteiger partial charge is 0.232 e. The molecule has 1 heterocycles. The van der Waals surface area contributed by atoms with E-state index in [0.717, 1.165) is 19.4 Å². The quantitative estimate of drug-likeness (QED) is 0.677. The van der Waals surface area contributed by atoms with Crippen molar-refractivity contribution in [2.75, 3.05) is 0 Å². The number of aryl methyl sites for hydroxylation is 1. The second-order valence-electron chi connectivity index (χ2n) is 6.22. The molecule has 0 bridgehead atoms. The summed E-state index contributed by atoms with van der Waals surface area (Å²) in [4.78, 5) is 0. The van der Waals surface area contributed by atoms with Gasteiger partial charge in [-0.25, -0.2) is 9.13 Å². The van der Waals surface area contributed by atoms with Crippen molar-refractivity contribution in [3.63, 3.8) is 0 Å². The highest BCUT2D eigenvalue weighted by Crippen LogP contribution is 2.16. The van der Waals surface area contributed by atoms with Gasteiger partial charge in [-0.3, -0.25) is 0 Å². The normalized spacial score (nSPS) is 11.0. The standard InChI is InChI=1S/C19H27N2/c1-5-7-17-11-18(10-16(3)4)13-19(12-17)14-21-9-8-20(6-2)15-21/h6,8-9,11-13,15-16H,2,5,7,10,14H2,1,3-4H3/q+1. The molecule has 1 aromatic carbocycles. The summed E-state index contributed by atoms with van der Waals surface area (Å²) in [7, 11) is 0. The van der Waals surface area contributed by atoms with Crippen molar-refractivity contribution in [3.8, 4) is 0 Å². The molecular weight excluding hydrogens is 256 g/mol. The minimum absolute atomic E-state index is 0.698. The van der Waals surface area contributed by atoms with E-state index in [1.165, 1.54) is 23.1 Å². The lowest BCUT2D eigenvalue weighted by Gasteiger charge is -2.10. The van der Waals surface area contributed by atoms with Crippen LogP contribution in [0.25, 0.3) is 6.20 Å². The van der Waals surface area contributed by atoms with Crippen molar-refractivity contribution in [2.24, 2.45) is 5.92 Å². The fourth-order valence-corrected chi connectivity index (χ4v) is 2.78. The molecule has 0 atom stereocenters. The monoisotopic (exact) mass is 283 g/mol. The highest BCUT2D eigenvalue weighted by Gasteiger charge is 2.07. The van der Waals surface area contributed by atoms with Gasteiger partial charge in [0.25, 0.3) is 0 Å². The number of nitrogens with zero attached hydrogens (tertiary/aromatic N) is 2. The first kappa shape index (κ1) is 15.6. The molecule has 0 aliphatic rings. The minimum atomic E-state index is 0.698. The lowest BCUT2D eigenvalue weighted by Crippen LogP contribution is -2.21. The van der Waals surface area contributed by atoms with Gasteiger partial charge in [0, 0.05) is 0 Å². The Morgan fingerprint density at radius 2 is 1.90 bits per heavy atom. The first-order chi connectivity index (χ1) is 10.1. The zero-order chi connectivity index (χ0) is 15.2. The van der Waals surface area contributed by atoms with E-state index in [0.29, 0.717) is 5.92 Å². The maximum absolute atomic E-state index is 3.79. The predicted molar refractivity (Wildman–Crippen MR) is 89.1 cm³/mol. The fourth-order valence-electron chi connectivity index (χ4n) is 2.78. The molecule has 0 aliphatic carbocycles. The largest absolute Gasteiger partial charge is 0.248 e. The molecule has 0 saturated heterocycles. The molecule has 1 aromatic heterocycles. The molecule has 112 valence electrons. The number of imidazole rings is 1. The SMILES string of the molecule is C=C[n+]1ccn(Cc2cc(CCC)cc(CC(C)C)c2)c1. The molecule has 2 nitrogen and oxygen atoms in total. The van der Waals surface area contributed by atoms with Crippen molar-refractivity contribution in [2.45, 2.75) is 46.6 Å². The van der Waals surface area contributed by atoms with E-state index in [1.54, 1.807) is 0 Å². The first-order valence-electron chi connectivity index (χ1n) is 7.91. The summed E-state index contributed by atoms with van der Waals surface area (Å²) in [6, 6.07) is 7.09. The van der Waals surface area contributed by atoms with Crippen LogP contribution in [0.3, 0.4) is 0 Å². The van der Waals surface area contributed by atoms with Gasteiger partial charge in [-0.1, -0.05) is 52.0 Å². The molecule has 0 radical (unpaired) electrons. The van der Waals surface area contributed by atoms with Gasteiger partial charge in [0.05, 0.1) is 6.20 Å². The second-order valence-corrected chi connectivity index (χ2v) is 6.22. The van der Waals surface area contributed by atoms with Gasteiger partial charge in [-0.2, -0.15) is 0 Å². The lowest BCUT2D eigenvalue weighted by molar-refractivity contribution is -0.567. The van der Waals surface area contributed by atoms with Gasteiger partial charge < -0.3 is 0 Å². The average molecular weight is 283 g/mol. The van der Waals surface area contributed by atoms with Gasteiger partial charge in [-0.05, 0) is 35.4 Å². The molecule has 21 heavy (non-hydrogen) atoms. The molecule has 0 amide bonds. The Morgan fingerprint density at radius 1 is 1.19 bits per heavy atom. The molecule has 0 fully saturated rings. The Labute approximate surface area is 128 Å². The Kier molecular flexibility index (Phi) is 5.38. The van der Waals surface area contributed by atoms with E-state index < -0.39 is 0 Å². The Morgan fingerprint density at radius 3 is 2.52 bits per heavy atom. The molecule has 2 aromatic rings. The molecule has 2 heteroatoms. The van der Waals surface area contributed by atoms with Crippen LogP contribution in [0.4, 0.5) is 0 Å². The topological polar surface area (TPSA) is 8.81 Å². The van der Waals surface area contributed by atoms with E-state index in [2.05, 4.69) is 62.6 Å². The first-order valence-corrected chi connectivity index (χ1v) is 7.91. The fraction of sp³-hybridized carbons (Fsp3) is 0.421. The van der Waals surface area contributed by atoms with Crippen molar-refractivity contribution >= 4 is 6.20 Å². The van der Waals surface area contributed by atoms with Crippen LogP contribution in [-0.4, -0.2) is 4.57 Å². The molecule has 0 spiro atoms. The second kappa shape index (κ2) is 7.26. The number of rotatable bonds is 7. The molecule has 0 saturated carbocycles. The van der Waals surface area contributed by atoms with Crippen molar-refractivity contribution in [3.05, 3.63) is 60.2 Å². The Hall–Kier alpha value is -1.83. The predicted octanol–water partition coefficient (Wildman–Crippen LogP) is 4.08. The average Bonchev–Trinajstić information content (AvgIpc) is 2.85. The third-order valence-corrected chi connectivity index (χ3v) is 3.58. The van der Waals surface area contributed by atoms with Gasteiger partial charge in [-0.15, -0.1) is 0 Å². The van der Waals surface area contributed by atoms with Crippen LogP contribution in [0, 0.1) is 5.92 Å². The maximum Gasteiger partial charge on any atom is 0.248 e. The highest BCUT2D eigenvalue weighted by molar-refractivity contribution is 5.31. The maximum atomic E-state index is 3.79. The number of benzene rings is 1. The van der Waals surface area contributed by atoms with Crippen LogP contribution < -0.4 is 4.57 Å². The van der Waals surface area contributed by atoms with E-state index in [9.17, 15) is 0 Å². The van der Waals surface area contributed by atoms with E-state index in [-0.39, 0.29) is 0 Å². The van der Waals surface area contributed by atoms with Crippen LogP contribution in [-0.2, 0) is 19.4 Å². The van der Waals surface area contributed by atoms with E-state index in [4.69, 9.17) is 0 Å². The van der Waals surface area contributed by atoms with Crippen molar-refractivity contribution in [1.29, 1.82) is 0 Å². The van der Waals surface area contributed by atoms with Crippen LogP contribution in [0.1, 0.15) is 43.9 Å². The van der Waals surface area contributed by atoms with Gasteiger partial charge >= 0.3 is 0 Å². The van der Waals surface area contributed by atoms with Crippen LogP contribution >= 0.6 is 0 Å². The summed E-state index contributed by atoms with van der Waals surface area (Å²) in [6.07, 6.45) is 11.5. The number of aromatic nitrogens is 2. The summed E-state index contributed by atoms with van der Waals surface area (Å²) in [6.45, 7) is 11.5. The summed E-state index contributed by atoms with van der Waals surface area (Å²) < 4.78 is 4.18. The molecular formula is C19H27N2+. The molecule has 2 rings (SSSR count). The van der Waals surface area contributed by atoms with Crippen molar-refractivity contribution < 1.29 is 4.57 Å². The van der Waals surface area contributed by atoms with Crippen LogP contribution in [0.15, 0.2) is 43.5 Å². The lowest BCUT2D eigenvalue weighted by atomic mass is 9.96. The summed E-state index contributed by atoms with van der Waals surface area (Å²) in [5, 5.41) is 0. The third-order valence-electron chi connectivity index (χ3n) is 3.58. The van der Waals surface area contributed by atoms with Gasteiger partial charge in [0.1, 0.15) is 18.9 Å². The van der Waals surface area contributed by atoms with Gasteiger partial charge in [0.15, 0.2) is 0 Å². The number of hydrogen-bond donors (Lipinski definition) is 0. The zero-order valence-electron chi connectivity index (χ0n) is 13.5. The van der Waals surface area contributed by atoms with Crippen LogP contribution in [0.2, 0.25) is 0 Å². The third kappa shape index (κ3) is 4.59. The van der Waals surface area contributed by atoms with Gasteiger partial charge in [0.2, 0.25) is 6.33 Å². The highest BCUT2D eigenvalue weighted by atomic mass is 15.1. The summed E-state index contributed by atoms with van der Waals surface area (Å²) >= 11 is 0. The summed E-state index contributed by atoms with van der Waals surface area (Å²) in [5.74, 6) is 0.698. The molecule has 0 unspecified atom stereocenters. The van der Waals surface area contributed by atoms with Crippen molar-refractivity contribution in [1.82, 2.24) is 4.57 Å². The molecule has 0 aliphatic heterocycles. The molecule has 0 N–H and O–H groups in total. The zero-order valence-corrected chi connectivity index (χ0v) is 13.5. The Bertz CT molecular complexity index is 593. The van der Waals surface area contributed by atoms with E-state index in [1.807, 2.05) is 17.0 Å². The van der Waals surface area contributed by atoms with E-state index >= 15 is 0 Å².